The van der Waals surface area contributed by atoms with Gasteiger partial charge in [-0.25, -0.2) is 0 Å². The van der Waals surface area contributed by atoms with E-state index >= 15 is 0 Å². The van der Waals surface area contributed by atoms with Gasteiger partial charge in [0.1, 0.15) is 12.4 Å². The molecule has 1 saturated heterocycles. The van der Waals surface area contributed by atoms with Crippen LogP contribution in [0.25, 0.3) is 0 Å². The molecule has 0 aliphatic carbocycles. The molecule has 2 aliphatic heterocycles. The Morgan fingerprint density at radius 1 is 1.32 bits per heavy atom. The predicted molar refractivity (Wildman–Crippen MR) is 89.2 cm³/mol. The summed E-state index contributed by atoms with van der Waals surface area (Å²) in [5.74, 6) is 0.460. The Morgan fingerprint density at radius 2 is 2.20 bits per heavy atom. The van der Waals surface area contributed by atoms with Crippen LogP contribution in [0.3, 0.4) is 0 Å². The highest BCUT2D eigenvalue weighted by atomic mass is 16.5. The number of ether oxygens (including phenoxy) is 2. The second-order valence-electron chi connectivity index (χ2n) is 6.65. The third-order valence-corrected chi connectivity index (χ3v) is 4.88. The fourth-order valence-electron chi connectivity index (χ4n) is 3.46. The molecule has 0 unspecified atom stereocenters. The van der Waals surface area contributed by atoms with Gasteiger partial charge in [-0.1, -0.05) is 0 Å². The van der Waals surface area contributed by atoms with Gasteiger partial charge in [-0.15, -0.1) is 0 Å². The molecule has 1 fully saturated rings. The van der Waals surface area contributed by atoms with Crippen LogP contribution < -0.4 is 5.32 Å². The Hall–Kier alpha value is -2.12. The van der Waals surface area contributed by atoms with Crippen molar-refractivity contribution in [2.24, 2.45) is 5.92 Å². The Bertz CT molecular complexity index is 704. The zero-order valence-corrected chi connectivity index (χ0v) is 14.1. The Morgan fingerprint density at radius 3 is 3.00 bits per heavy atom. The van der Waals surface area contributed by atoms with Crippen LogP contribution in [-0.4, -0.2) is 42.1 Å². The van der Waals surface area contributed by atoms with Crippen molar-refractivity contribution in [2.45, 2.75) is 31.9 Å². The van der Waals surface area contributed by atoms with Crippen molar-refractivity contribution in [3.05, 3.63) is 41.6 Å². The average Bonchev–Trinajstić information content (AvgIpc) is 3.30. The molecule has 0 aromatic carbocycles. The van der Waals surface area contributed by atoms with Crippen LogP contribution in [0.15, 0.2) is 29.2 Å². The zero-order chi connectivity index (χ0) is 17.1. The maximum Gasteiger partial charge on any atom is 0.254 e. The predicted octanol–water partition coefficient (Wildman–Crippen LogP) is 1.95. The molecule has 134 valence electrons. The number of aromatic nitrogens is 2. The molecule has 2 aromatic heterocycles. The molecule has 0 bridgehead atoms. The molecule has 0 saturated carbocycles. The van der Waals surface area contributed by atoms with E-state index in [0.29, 0.717) is 24.6 Å². The highest BCUT2D eigenvalue weighted by Crippen LogP contribution is 2.26. The van der Waals surface area contributed by atoms with Crippen molar-refractivity contribution >= 4 is 5.91 Å². The van der Waals surface area contributed by atoms with Gasteiger partial charge in [0.25, 0.3) is 5.91 Å². The molecule has 0 spiro atoms. The minimum Gasteiger partial charge on any atom is -0.472 e. The van der Waals surface area contributed by atoms with Crippen LogP contribution in [0.4, 0.5) is 0 Å². The summed E-state index contributed by atoms with van der Waals surface area (Å²) in [5, 5.41) is 7.64. The van der Waals surface area contributed by atoms with Crippen LogP contribution in [0.2, 0.25) is 0 Å². The minimum atomic E-state index is -0.199. The number of hydrogen-bond acceptors (Lipinski definition) is 5. The van der Waals surface area contributed by atoms with Crippen LogP contribution in [0.1, 0.15) is 40.6 Å². The van der Waals surface area contributed by atoms with E-state index in [0.717, 1.165) is 44.7 Å². The van der Waals surface area contributed by atoms with E-state index in [1.165, 1.54) is 18.1 Å². The first-order valence-corrected chi connectivity index (χ1v) is 8.85. The molecular weight excluding hydrogens is 322 g/mol. The lowest BCUT2D eigenvalue weighted by Crippen LogP contribution is -2.31. The second-order valence-corrected chi connectivity index (χ2v) is 6.65. The zero-order valence-electron chi connectivity index (χ0n) is 14.1. The summed E-state index contributed by atoms with van der Waals surface area (Å²) in [6.45, 7) is 3.67. The first-order valence-electron chi connectivity index (χ1n) is 8.85. The molecule has 1 N–H and O–H groups in total. The summed E-state index contributed by atoms with van der Waals surface area (Å²) in [7, 11) is 0. The monoisotopic (exact) mass is 345 g/mol. The van der Waals surface area contributed by atoms with Crippen LogP contribution in [0, 0.1) is 5.92 Å². The van der Waals surface area contributed by atoms with E-state index in [1.54, 1.807) is 6.07 Å². The quantitative estimate of drug-likeness (QED) is 0.896. The Labute approximate surface area is 146 Å². The molecule has 4 heterocycles. The first-order chi connectivity index (χ1) is 12.3. The molecule has 1 amide bonds. The van der Waals surface area contributed by atoms with Gasteiger partial charge in [-0.3, -0.25) is 9.48 Å². The highest BCUT2D eigenvalue weighted by Gasteiger charge is 2.26. The number of nitrogens with zero attached hydrogens (tertiary/aromatic N) is 2. The number of hydrogen-bond donors (Lipinski definition) is 1. The molecule has 4 rings (SSSR count). The Kier molecular flexibility index (Phi) is 4.85. The lowest BCUT2D eigenvalue weighted by atomic mass is 10.0. The summed E-state index contributed by atoms with van der Waals surface area (Å²) in [5.41, 5.74) is 2.69. The van der Waals surface area contributed by atoms with Crippen molar-refractivity contribution < 1.29 is 18.7 Å². The maximum atomic E-state index is 12.1. The van der Waals surface area contributed by atoms with Crippen LogP contribution >= 0.6 is 0 Å². The number of nitrogens with one attached hydrogen (secondary N) is 1. The number of amides is 1. The van der Waals surface area contributed by atoms with E-state index in [9.17, 15) is 4.79 Å². The van der Waals surface area contributed by atoms with Gasteiger partial charge in [-0.05, 0) is 36.8 Å². The fraction of sp³-hybridized carbons (Fsp3) is 0.556. The topological polar surface area (TPSA) is 78.5 Å². The summed E-state index contributed by atoms with van der Waals surface area (Å²) in [6.07, 6.45) is 7.91. The third-order valence-electron chi connectivity index (χ3n) is 4.88. The largest absolute Gasteiger partial charge is 0.472 e. The van der Waals surface area contributed by atoms with Crippen molar-refractivity contribution in [3.8, 4) is 0 Å². The summed E-state index contributed by atoms with van der Waals surface area (Å²) in [6, 6.07) is 1.64. The van der Waals surface area contributed by atoms with E-state index in [4.69, 9.17) is 19.0 Å². The lowest BCUT2D eigenvalue weighted by molar-refractivity contribution is 0.0379. The molecular formula is C18H23N3O4. The van der Waals surface area contributed by atoms with Crippen molar-refractivity contribution in [1.82, 2.24) is 15.1 Å². The van der Waals surface area contributed by atoms with Gasteiger partial charge in [0.05, 0.1) is 24.1 Å². The number of carbonyl (C=O) groups is 1. The van der Waals surface area contributed by atoms with Gasteiger partial charge in [0, 0.05) is 32.5 Å². The summed E-state index contributed by atoms with van der Waals surface area (Å²) >= 11 is 0. The van der Waals surface area contributed by atoms with Gasteiger partial charge in [0.2, 0.25) is 0 Å². The van der Waals surface area contributed by atoms with Crippen LogP contribution in [-0.2, 0) is 22.4 Å². The molecule has 2 aliphatic rings. The van der Waals surface area contributed by atoms with Gasteiger partial charge >= 0.3 is 0 Å². The van der Waals surface area contributed by atoms with Crippen molar-refractivity contribution in [1.29, 1.82) is 0 Å². The maximum absolute atomic E-state index is 12.1. The van der Waals surface area contributed by atoms with Crippen molar-refractivity contribution in [3.63, 3.8) is 0 Å². The molecule has 25 heavy (non-hydrogen) atoms. The second kappa shape index (κ2) is 7.41. The Balaban J connectivity index is 1.39. The molecule has 7 nitrogen and oxygen atoms in total. The van der Waals surface area contributed by atoms with E-state index < -0.39 is 0 Å². The van der Waals surface area contributed by atoms with E-state index in [-0.39, 0.29) is 12.0 Å². The third kappa shape index (κ3) is 3.77. The number of fused-ring (bicyclic) bond motifs is 1. The minimum absolute atomic E-state index is 0.161. The molecule has 7 heteroatoms. The smallest absolute Gasteiger partial charge is 0.254 e. The number of rotatable bonds is 5. The average molecular weight is 345 g/mol. The highest BCUT2D eigenvalue weighted by molar-refractivity contribution is 5.93. The van der Waals surface area contributed by atoms with Gasteiger partial charge in [0.15, 0.2) is 0 Å². The van der Waals surface area contributed by atoms with Crippen LogP contribution in [0.5, 0.6) is 0 Å². The summed E-state index contributed by atoms with van der Waals surface area (Å²) in [4.78, 5) is 12.1. The lowest BCUT2D eigenvalue weighted by Gasteiger charge is -2.22. The van der Waals surface area contributed by atoms with Gasteiger partial charge < -0.3 is 19.2 Å². The molecule has 1 atom stereocenters. The standard InChI is InChI=1S/C18H23N3O4/c22-18(15-3-7-24-12-15)19-9-16-17-14(4-8-25-16)11-21(20-17)10-13-1-5-23-6-2-13/h3,7,11-13,16H,1-2,4-6,8-10H2,(H,19,22)/t16-/m1/s1. The van der Waals surface area contributed by atoms with E-state index in [2.05, 4.69) is 11.5 Å². The number of furan rings is 1. The van der Waals surface area contributed by atoms with E-state index in [1.807, 2.05) is 4.68 Å². The number of carbonyl (C=O) groups excluding carboxylic acids is 1. The van der Waals surface area contributed by atoms with Crippen molar-refractivity contribution in [2.75, 3.05) is 26.4 Å². The molecule has 2 aromatic rings. The fourth-order valence-corrected chi connectivity index (χ4v) is 3.46. The summed E-state index contributed by atoms with van der Waals surface area (Å²) < 4.78 is 18.3. The van der Waals surface area contributed by atoms with Gasteiger partial charge in [-0.2, -0.15) is 5.10 Å². The SMILES string of the molecule is O=C(NC[C@H]1OCCc2cn(CC3CCOCC3)nc21)c1ccoc1. The normalized spacial score (nSPS) is 21.0. The first kappa shape index (κ1) is 16.4. The molecule has 0 radical (unpaired) electrons.